The summed E-state index contributed by atoms with van der Waals surface area (Å²) in [7, 11) is 0. The quantitative estimate of drug-likeness (QED) is 0.790. The SMILES string of the molecule is Fc1ccc(Nc2ncncc2I)cc1Br. The first-order chi connectivity index (χ1) is 7.66. The Morgan fingerprint density at radius 3 is 2.88 bits per heavy atom. The summed E-state index contributed by atoms with van der Waals surface area (Å²) in [6.07, 6.45) is 3.16. The van der Waals surface area contributed by atoms with E-state index in [2.05, 4.69) is 53.8 Å². The Hall–Kier alpha value is -0.760. The maximum atomic E-state index is 13.0. The number of hydrogen-bond acceptors (Lipinski definition) is 3. The lowest BCUT2D eigenvalue weighted by Gasteiger charge is -2.07. The minimum atomic E-state index is -0.289. The highest BCUT2D eigenvalue weighted by molar-refractivity contribution is 14.1. The molecule has 1 N–H and O–H groups in total. The molecule has 0 saturated carbocycles. The van der Waals surface area contributed by atoms with Gasteiger partial charge in [-0.15, -0.1) is 0 Å². The topological polar surface area (TPSA) is 37.8 Å². The number of halogens is 3. The fourth-order valence-corrected chi connectivity index (χ4v) is 1.93. The molecule has 0 fully saturated rings. The Kier molecular flexibility index (Phi) is 3.70. The van der Waals surface area contributed by atoms with Crippen molar-refractivity contribution >= 4 is 50.0 Å². The van der Waals surface area contributed by atoms with E-state index in [4.69, 9.17) is 0 Å². The van der Waals surface area contributed by atoms with Gasteiger partial charge in [0.1, 0.15) is 18.0 Å². The highest BCUT2D eigenvalue weighted by atomic mass is 127. The lowest BCUT2D eigenvalue weighted by Crippen LogP contribution is -1.97. The predicted molar refractivity (Wildman–Crippen MR) is 72.1 cm³/mol. The third-order valence-electron chi connectivity index (χ3n) is 1.85. The van der Waals surface area contributed by atoms with Gasteiger partial charge in [-0.2, -0.15) is 0 Å². The summed E-state index contributed by atoms with van der Waals surface area (Å²) in [5.74, 6) is 0.414. The molecule has 0 aliphatic heterocycles. The van der Waals surface area contributed by atoms with Gasteiger partial charge in [-0.3, -0.25) is 0 Å². The van der Waals surface area contributed by atoms with Crippen LogP contribution in [0.25, 0.3) is 0 Å². The fraction of sp³-hybridized carbons (Fsp3) is 0. The monoisotopic (exact) mass is 393 g/mol. The van der Waals surface area contributed by atoms with Crippen molar-refractivity contribution in [2.45, 2.75) is 0 Å². The average molecular weight is 394 g/mol. The Balaban J connectivity index is 2.28. The number of benzene rings is 1. The van der Waals surface area contributed by atoms with Crippen LogP contribution in [0.15, 0.2) is 35.2 Å². The minimum absolute atomic E-state index is 0.289. The molecule has 0 saturated heterocycles. The standard InChI is InChI=1S/C10H6BrFIN3/c11-7-3-6(1-2-8(7)12)16-10-9(13)4-14-5-15-10/h1-5H,(H,14,15,16). The fourth-order valence-electron chi connectivity index (χ4n) is 1.12. The van der Waals surface area contributed by atoms with Gasteiger partial charge in [0.25, 0.3) is 0 Å². The van der Waals surface area contributed by atoms with Crippen LogP contribution in [0.1, 0.15) is 0 Å². The van der Waals surface area contributed by atoms with E-state index in [1.807, 2.05) is 0 Å². The number of aromatic nitrogens is 2. The van der Waals surface area contributed by atoms with Crippen LogP contribution in [0, 0.1) is 9.39 Å². The van der Waals surface area contributed by atoms with Gasteiger partial charge >= 0.3 is 0 Å². The van der Waals surface area contributed by atoms with Crippen LogP contribution >= 0.6 is 38.5 Å². The number of hydrogen-bond donors (Lipinski definition) is 1. The molecule has 0 aliphatic carbocycles. The number of nitrogens with zero attached hydrogens (tertiary/aromatic N) is 2. The van der Waals surface area contributed by atoms with Crippen LogP contribution in [0.2, 0.25) is 0 Å². The van der Waals surface area contributed by atoms with Gasteiger partial charge in [0, 0.05) is 11.9 Å². The van der Waals surface area contributed by atoms with E-state index in [0.29, 0.717) is 10.3 Å². The maximum absolute atomic E-state index is 13.0. The van der Waals surface area contributed by atoms with Gasteiger partial charge in [-0.05, 0) is 56.7 Å². The molecule has 2 rings (SSSR count). The maximum Gasteiger partial charge on any atom is 0.147 e. The Morgan fingerprint density at radius 2 is 2.19 bits per heavy atom. The van der Waals surface area contributed by atoms with E-state index in [1.54, 1.807) is 18.3 Å². The number of rotatable bonds is 2. The molecule has 0 aliphatic rings. The van der Waals surface area contributed by atoms with E-state index in [-0.39, 0.29) is 5.82 Å². The van der Waals surface area contributed by atoms with Crippen molar-refractivity contribution in [1.82, 2.24) is 9.97 Å². The second kappa shape index (κ2) is 5.05. The summed E-state index contributed by atoms with van der Waals surface area (Å²) in [5, 5.41) is 3.08. The molecule has 2 aromatic rings. The second-order valence-corrected chi connectivity index (χ2v) is 4.99. The van der Waals surface area contributed by atoms with Gasteiger partial charge in [0.2, 0.25) is 0 Å². The van der Waals surface area contributed by atoms with Crippen molar-refractivity contribution in [2.24, 2.45) is 0 Å². The molecule has 0 radical (unpaired) electrons. The van der Waals surface area contributed by atoms with Crippen LogP contribution in [0.3, 0.4) is 0 Å². The molecular formula is C10H6BrFIN3. The molecule has 1 aromatic carbocycles. The minimum Gasteiger partial charge on any atom is -0.339 e. The van der Waals surface area contributed by atoms with E-state index < -0.39 is 0 Å². The summed E-state index contributed by atoms with van der Waals surface area (Å²) in [6.45, 7) is 0. The summed E-state index contributed by atoms with van der Waals surface area (Å²) in [6, 6.07) is 4.70. The van der Waals surface area contributed by atoms with Crippen LogP contribution in [0.4, 0.5) is 15.9 Å². The lowest BCUT2D eigenvalue weighted by atomic mass is 10.3. The molecule has 0 bridgehead atoms. The molecule has 16 heavy (non-hydrogen) atoms. The van der Waals surface area contributed by atoms with Gasteiger partial charge in [-0.25, -0.2) is 14.4 Å². The van der Waals surface area contributed by atoms with Crippen molar-refractivity contribution in [3.63, 3.8) is 0 Å². The normalized spacial score (nSPS) is 10.2. The molecule has 3 nitrogen and oxygen atoms in total. The van der Waals surface area contributed by atoms with Crippen molar-refractivity contribution < 1.29 is 4.39 Å². The van der Waals surface area contributed by atoms with Crippen molar-refractivity contribution in [1.29, 1.82) is 0 Å². The second-order valence-electron chi connectivity index (χ2n) is 2.97. The Morgan fingerprint density at radius 1 is 1.38 bits per heavy atom. The zero-order valence-corrected chi connectivity index (χ0v) is 11.7. The zero-order valence-electron chi connectivity index (χ0n) is 7.92. The van der Waals surface area contributed by atoms with Gasteiger partial charge in [0.15, 0.2) is 0 Å². The van der Waals surface area contributed by atoms with Crippen molar-refractivity contribution in [3.05, 3.63) is 44.6 Å². The van der Waals surface area contributed by atoms with Crippen molar-refractivity contribution in [2.75, 3.05) is 5.32 Å². The molecule has 1 heterocycles. The molecule has 1 aromatic heterocycles. The molecule has 6 heteroatoms. The molecule has 82 valence electrons. The molecule has 0 atom stereocenters. The third kappa shape index (κ3) is 2.67. The van der Waals surface area contributed by atoms with E-state index in [1.165, 1.54) is 12.4 Å². The van der Waals surface area contributed by atoms with E-state index in [9.17, 15) is 4.39 Å². The molecular weight excluding hydrogens is 388 g/mol. The zero-order chi connectivity index (χ0) is 11.5. The summed E-state index contributed by atoms with van der Waals surface area (Å²) in [5.41, 5.74) is 0.768. The largest absolute Gasteiger partial charge is 0.339 e. The van der Waals surface area contributed by atoms with Crippen molar-refractivity contribution in [3.8, 4) is 0 Å². The van der Waals surface area contributed by atoms with Gasteiger partial charge in [-0.1, -0.05) is 0 Å². The average Bonchev–Trinajstić information content (AvgIpc) is 2.27. The first-order valence-electron chi connectivity index (χ1n) is 4.34. The highest BCUT2D eigenvalue weighted by Gasteiger charge is 2.03. The van der Waals surface area contributed by atoms with Crippen LogP contribution in [0.5, 0.6) is 0 Å². The smallest absolute Gasteiger partial charge is 0.147 e. The lowest BCUT2D eigenvalue weighted by molar-refractivity contribution is 0.621. The van der Waals surface area contributed by atoms with Gasteiger partial charge < -0.3 is 5.32 Å². The first-order valence-corrected chi connectivity index (χ1v) is 6.21. The third-order valence-corrected chi connectivity index (χ3v) is 3.25. The van der Waals surface area contributed by atoms with Crippen LogP contribution < -0.4 is 5.32 Å². The molecule has 0 unspecified atom stereocenters. The van der Waals surface area contributed by atoms with Crippen LogP contribution in [-0.4, -0.2) is 9.97 Å². The summed E-state index contributed by atoms with van der Waals surface area (Å²) in [4.78, 5) is 7.98. The highest BCUT2D eigenvalue weighted by Crippen LogP contribution is 2.23. The van der Waals surface area contributed by atoms with Crippen LogP contribution in [-0.2, 0) is 0 Å². The van der Waals surface area contributed by atoms with E-state index >= 15 is 0 Å². The molecule has 0 spiro atoms. The Labute approximate surface area is 114 Å². The number of nitrogens with one attached hydrogen (secondary N) is 1. The number of anilines is 2. The molecule has 0 amide bonds. The summed E-state index contributed by atoms with van der Waals surface area (Å²) < 4.78 is 14.3. The summed E-state index contributed by atoms with van der Waals surface area (Å²) >= 11 is 5.26. The van der Waals surface area contributed by atoms with E-state index in [0.717, 1.165) is 9.26 Å². The van der Waals surface area contributed by atoms with Gasteiger partial charge in [0.05, 0.1) is 8.04 Å². The first kappa shape index (κ1) is 11.7. The Bertz CT molecular complexity index is 521. The predicted octanol–water partition coefficient (Wildman–Crippen LogP) is 3.73.